The molecule has 1 aliphatic rings. The van der Waals surface area contributed by atoms with Gasteiger partial charge in [0.1, 0.15) is 11.9 Å². The number of imidazole rings is 1. The molecule has 3 rings (SSSR count). The zero-order valence-electron chi connectivity index (χ0n) is 14.0. The Labute approximate surface area is 141 Å². The number of aromatic amines is 1. The summed E-state index contributed by atoms with van der Waals surface area (Å²) in [5, 5.41) is 3.01. The molecule has 7 nitrogen and oxygen atoms in total. The molecule has 1 fully saturated rings. The molecule has 3 heterocycles. The average molecular weight is 329 g/mol. The van der Waals surface area contributed by atoms with Gasteiger partial charge in [0.15, 0.2) is 0 Å². The summed E-state index contributed by atoms with van der Waals surface area (Å²) in [5.41, 5.74) is 1.85. The van der Waals surface area contributed by atoms with Gasteiger partial charge in [0, 0.05) is 39.3 Å². The van der Waals surface area contributed by atoms with Crippen molar-refractivity contribution in [2.24, 2.45) is 5.92 Å². The van der Waals surface area contributed by atoms with Crippen molar-refractivity contribution in [3.05, 3.63) is 42.2 Å². The molecule has 0 saturated carbocycles. The molecule has 0 bridgehead atoms. The van der Waals surface area contributed by atoms with E-state index < -0.39 is 0 Å². The SMILES string of the molecule is CN(C)c1cccnc1CNC(=O)[C@@H]1CCCO[C@H]1c1ncc[nH]1. The van der Waals surface area contributed by atoms with Crippen LogP contribution in [0.15, 0.2) is 30.7 Å². The summed E-state index contributed by atoms with van der Waals surface area (Å²) in [4.78, 5) is 26.4. The van der Waals surface area contributed by atoms with Gasteiger partial charge in [-0.25, -0.2) is 4.98 Å². The molecular formula is C17H23N5O2. The number of nitrogens with zero attached hydrogens (tertiary/aromatic N) is 3. The lowest BCUT2D eigenvalue weighted by Gasteiger charge is -2.29. The molecule has 2 aromatic rings. The van der Waals surface area contributed by atoms with E-state index in [2.05, 4.69) is 20.3 Å². The highest BCUT2D eigenvalue weighted by Gasteiger charge is 2.34. The van der Waals surface area contributed by atoms with E-state index in [0.29, 0.717) is 19.0 Å². The Morgan fingerprint density at radius 1 is 1.42 bits per heavy atom. The molecule has 24 heavy (non-hydrogen) atoms. The van der Waals surface area contributed by atoms with Gasteiger partial charge in [-0.3, -0.25) is 9.78 Å². The maximum Gasteiger partial charge on any atom is 0.226 e. The Morgan fingerprint density at radius 2 is 2.29 bits per heavy atom. The Hall–Kier alpha value is -2.41. The Kier molecular flexibility index (Phi) is 5.10. The molecule has 2 aromatic heterocycles. The number of ether oxygens (including phenoxy) is 1. The van der Waals surface area contributed by atoms with Gasteiger partial charge in [-0.1, -0.05) is 0 Å². The van der Waals surface area contributed by atoms with Gasteiger partial charge in [0.2, 0.25) is 5.91 Å². The first-order valence-corrected chi connectivity index (χ1v) is 8.16. The van der Waals surface area contributed by atoms with E-state index in [1.807, 2.05) is 31.1 Å². The molecule has 0 radical (unpaired) electrons. The summed E-state index contributed by atoms with van der Waals surface area (Å²) in [6.45, 7) is 1.05. The fourth-order valence-electron chi connectivity index (χ4n) is 3.03. The van der Waals surface area contributed by atoms with Gasteiger partial charge in [0.05, 0.1) is 23.8 Å². The lowest BCUT2D eigenvalue weighted by atomic mass is 9.93. The molecule has 0 aromatic carbocycles. The number of anilines is 1. The van der Waals surface area contributed by atoms with Crippen molar-refractivity contribution in [2.75, 3.05) is 25.6 Å². The number of aromatic nitrogens is 3. The van der Waals surface area contributed by atoms with Crippen LogP contribution in [0.2, 0.25) is 0 Å². The number of amides is 1. The second kappa shape index (κ2) is 7.44. The smallest absolute Gasteiger partial charge is 0.226 e. The van der Waals surface area contributed by atoms with Crippen molar-refractivity contribution < 1.29 is 9.53 Å². The van der Waals surface area contributed by atoms with Gasteiger partial charge in [0.25, 0.3) is 0 Å². The van der Waals surface area contributed by atoms with Crippen molar-refractivity contribution in [3.63, 3.8) is 0 Å². The summed E-state index contributed by atoms with van der Waals surface area (Å²) in [6, 6.07) is 3.88. The predicted molar refractivity (Wildman–Crippen MR) is 90.4 cm³/mol. The van der Waals surface area contributed by atoms with Gasteiger partial charge in [-0.2, -0.15) is 0 Å². The maximum atomic E-state index is 12.7. The predicted octanol–water partition coefficient (Wildman–Crippen LogP) is 1.65. The minimum absolute atomic E-state index is 0.0218. The second-order valence-corrected chi connectivity index (χ2v) is 6.10. The highest BCUT2D eigenvalue weighted by atomic mass is 16.5. The molecule has 2 atom stereocenters. The number of pyridine rings is 1. The third-order valence-electron chi connectivity index (χ3n) is 4.23. The van der Waals surface area contributed by atoms with Gasteiger partial charge < -0.3 is 19.9 Å². The number of hydrogen-bond acceptors (Lipinski definition) is 5. The van der Waals surface area contributed by atoms with Gasteiger partial charge >= 0.3 is 0 Å². The van der Waals surface area contributed by atoms with Crippen molar-refractivity contribution in [1.29, 1.82) is 0 Å². The van der Waals surface area contributed by atoms with Crippen LogP contribution in [-0.2, 0) is 16.1 Å². The van der Waals surface area contributed by atoms with E-state index >= 15 is 0 Å². The molecule has 7 heteroatoms. The maximum absolute atomic E-state index is 12.7. The number of carbonyl (C=O) groups is 1. The van der Waals surface area contributed by atoms with Crippen LogP contribution in [0.4, 0.5) is 5.69 Å². The molecular weight excluding hydrogens is 306 g/mol. The first-order valence-electron chi connectivity index (χ1n) is 8.16. The zero-order chi connectivity index (χ0) is 16.9. The molecule has 1 aliphatic heterocycles. The standard InChI is InChI=1S/C17H23N5O2/c1-22(2)14-6-3-7-18-13(14)11-21-17(23)12-5-4-10-24-15(12)16-19-8-9-20-16/h3,6-9,12,15H,4-5,10-11H2,1-2H3,(H,19,20)(H,21,23)/t12-,15-/m1/s1. The summed E-state index contributed by atoms with van der Waals surface area (Å²) in [5.74, 6) is 0.449. The average Bonchev–Trinajstić information content (AvgIpc) is 3.14. The Bertz CT molecular complexity index is 671. The summed E-state index contributed by atoms with van der Waals surface area (Å²) >= 11 is 0. The van der Waals surface area contributed by atoms with Crippen LogP contribution in [0.25, 0.3) is 0 Å². The second-order valence-electron chi connectivity index (χ2n) is 6.10. The van der Waals surface area contributed by atoms with Crippen molar-refractivity contribution in [1.82, 2.24) is 20.3 Å². The van der Waals surface area contributed by atoms with E-state index in [4.69, 9.17) is 4.74 Å². The van der Waals surface area contributed by atoms with Gasteiger partial charge in [-0.05, 0) is 25.0 Å². The Morgan fingerprint density at radius 3 is 3.04 bits per heavy atom. The first-order chi connectivity index (χ1) is 11.7. The number of rotatable bonds is 5. The summed E-state index contributed by atoms with van der Waals surface area (Å²) < 4.78 is 5.79. The van der Waals surface area contributed by atoms with Crippen LogP contribution in [0.3, 0.4) is 0 Å². The van der Waals surface area contributed by atoms with Crippen LogP contribution in [0.5, 0.6) is 0 Å². The van der Waals surface area contributed by atoms with E-state index in [1.165, 1.54) is 0 Å². The molecule has 0 spiro atoms. The fraction of sp³-hybridized carbons (Fsp3) is 0.471. The van der Waals surface area contributed by atoms with Crippen LogP contribution >= 0.6 is 0 Å². The monoisotopic (exact) mass is 329 g/mol. The van der Waals surface area contributed by atoms with E-state index in [9.17, 15) is 4.79 Å². The minimum Gasteiger partial charge on any atom is -0.376 e. The highest BCUT2D eigenvalue weighted by molar-refractivity contribution is 5.79. The van der Waals surface area contributed by atoms with E-state index in [1.54, 1.807) is 18.6 Å². The number of carbonyl (C=O) groups excluding carboxylic acids is 1. The Balaban J connectivity index is 1.68. The first kappa shape index (κ1) is 16.4. The third-order valence-corrected chi connectivity index (χ3v) is 4.23. The quantitative estimate of drug-likeness (QED) is 0.871. The molecule has 0 unspecified atom stereocenters. The molecule has 128 valence electrons. The largest absolute Gasteiger partial charge is 0.376 e. The lowest BCUT2D eigenvalue weighted by Crippen LogP contribution is -2.38. The number of hydrogen-bond donors (Lipinski definition) is 2. The van der Waals surface area contributed by atoms with Crippen LogP contribution < -0.4 is 10.2 Å². The topological polar surface area (TPSA) is 83.1 Å². The van der Waals surface area contributed by atoms with Crippen LogP contribution in [0.1, 0.15) is 30.5 Å². The van der Waals surface area contributed by atoms with Crippen molar-refractivity contribution in [2.45, 2.75) is 25.5 Å². The molecule has 0 aliphatic carbocycles. The van der Waals surface area contributed by atoms with Crippen molar-refractivity contribution in [3.8, 4) is 0 Å². The van der Waals surface area contributed by atoms with Crippen LogP contribution in [-0.4, -0.2) is 41.6 Å². The minimum atomic E-state index is -0.314. The zero-order valence-corrected chi connectivity index (χ0v) is 14.0. The van der Waals surface area contributed by atoms with E-state index in [-0.39, 0.29) is 17.9 Å². The number of nitrogens with one attached hydrogen (secondary N) is 2. The molecule has 1 amide bonds. The van der Waals surface area contributed by atoms with Crippen molar-refractivity contribution >= 4 is 11.6 Å². The van der Waals surface area contributed by atoms with Gasteiger partial charge in [-0.15, -0.1) is 0 Å². The number of H-pyrrole nitrogens is 1. The highest BCUT2D eigenvalue weighted by Crippen LogP contribution is 2.32. The third kappa shape index (κ3) is 3.56. The fourth-order valence-corrected chi connectivity index (χ4v) is 3.03. The summed E-state index contributed by atoms with van der Waals surface area (Å²) in [6.07, 6.45) is 6.52. The summed E-state index contributed by atoms with van der Waals surface area (Å²) in [7, 11) is 3.93. The molecule has 2 N–H and O–H groups in total. The normalized spacial score (nSPS) is 20.6. The molecule has 1 saturated heterocycles. The van der Waals surface area contributed by atoms with E-state index in [0.717, 1.165) is 24.2 Å². The lowest BCUT2D eigenvalue weighted by molar-refractivity contribution is -0.135. The van der Waals surface area contributed by atoms with Crippen LogP contribution in [0, 0.1) is 5.92 Å².